The first-order valence-electron chi connectivity index (χ1n) is 10.2. The first kappa shape index (κ1) is 21.2. The van der Waals surface area contributed by atoms with E-state index in [1.165, 1.54) is 0 Å². The van der Waals surface area contributed by atoms with E-state index in [1.807, 2.05) is 85.6 Å². The second-order valence-corrected chi connectivity index (χ2v) is 7.26. The molecule has 0 amide bonds. The second-order valence-electron chi connectivity index (χ2n) is 7.26. The Bertz CT molecular complexity index is 1270. The molecule has 0 spiro atoms. The van der Waals surface area contributed by atoms with Crippen LogP contribution in [0, 0.1) is 6.92 Å². The highest BCUT2D eigenvalue weighted by atomic mass is 16.5. The Hall–Kier alpha value is -4.06. The zero-order chi connectivity index (χ0) is 22.7. The van der Waals surface area contributed by atoms with Gasteiger partial charge in [0.25, 0.3) is 0 Å². The first-order valence-corrected chi connectivity index (χ1v) is 10.2. The van der Waals surface area contributed by atoms with Crippen molar-refractivity contribution in [1.29, 1.82) is 0 Å². The number of methoxy groups -OCH3 is 2. The van der Waals surface area contributed by atoms with Crippen molar-refractivity contribution in [3.8, 4) is 17.2 Å². The molecule has 1 aromatic heterocycles. The van der Waals surface area contributed by atoms with Crippen LogP contribution in [0.25, 0.3) is 16.7 Å². The van der Waals surface area contributed by atoms with Crippen molar-refractivity contribution in [2.45, 2.75) is 6.92 Å². The fraction of sp³-hybridized carbons (Fsp3) is 0.154. The van der Waals surface area contributed by atoms with Gasteiger partial charge in [0.2, 0.25) is 0 Å². The molecule has 162 valence electrons. The number of ether oxygens (including phenoxy) is 3. The van der Waals surface area contributed by atoms with Crippen LogP contribution in [0.2, 0.25) is 0 Å². The van der Waals surface area contributed by atoms with Gasteiger partial charge in [-0.1, -0.05) is 18.7 Å². The van der Waals surface area contributed by atoms with Crippen molar-refractivity contribution in [3.05, 3.63) is 84.7 Å². The molecule has 0 saturated carbocycles. The number of aryl methyl sites for hydroxylation is 1. The number of nitrogens with zero attached hydrogens (tertiary/aromatic N) is 3. The van der Waals surface area contributed by atoms with Crippen LogP contribution in [0.15, 0.2) is 73.3 Å². The number of benzene rings is 3. The Kier molecular flexibility index (Phi) is 5.94. The summed E-state index contributed by atoms with van der Waals surface area (Å²) in [5.41, 5.74) is 2.71. The summed E-state index contributed by atoms with van der Waals surface area (Å²) in [6.07, 6.45) is 0. The van der Waals surface area contributed by atoms with Gasteiger partial charge in [0, 0.05) is 29.8 Å². The minimum Gasteiger partial charge on any atom is -0.497 e. The highest BCUT2D eigenvalue weighted by molar-refractivity contribution is 5.91. The van der Waals surface area contributed by atoms with Gasteiger partial charge in [0.05, 0.1) is 19.7 Å². The summed E-state index contributed by atoms with van der Waals surface area (Å²) < 4.78 is 16.9. The highest BCUT2D eigenvalue weighted by Gasteiger charge is 2.15. The van der Waals surface area contributed by atoms with Crippen LogP contribution in [-0.2, 0) is 4.74 Å². The summed E-state index contributed by atoms with van der Waals surface area (Å²) in [5, 5.41) is 0.979. The standard InChI is InChI=1S/C26H25N3O3/c1-17(30-4)19-10-13-21(14-11-19)32-25-16-20(12-15-24(25)31-5)29(3)26-22-8-6-7-9-23(22)27-18(2)28-26/h6-16H,1H2,2-5H3. The number of hydrogen-bond acceptors (Lipinski definition) is 6. The van der Waals surface area contributed by atoms with E-state index >= 15 is 0 Å². The predicted molar refractivity (Wildman–Crippen MR) is 128 cm³/mol. The molecule has 0 saturated heterocycles. The van der Waals surface area contributed by atoms with Gasteiger partial charge < -0.3 is 19.1 Å². The van der Waals surface area contributed by atoms with Crippen LogP contribution >= 0.6 is 0 Å². The molecule has 3 aromatic carbocycles. The van der Waals surface area contributed by atoms with Crippen molar-refractivity contribution in [1.82, 2.24) is 9.97 Å². The van der Waals surface area contributed by atoms with Crippen molar-refractivity contribution in [2.75, 3.05) is 26.2 Å². The number of fused-ring (bicyclic) bond motifs is 1. The lowest BCUT2D eigenvalue weighted by atomic mass is 10.2. The van der Waals surface area contributed by atoms with E-state index in [2.05, 4.69) is 11.6 Å². The molecule has 0 radical (unpaired) electrons. The van der Waals surface area contributed by atoms with Crippen molar-refractivity contribution < 1.29 is 14.2 Å². The van der Waals surface area contributed by atoms with Crippen molar-refractivity contribution in [3.63, 3.8) is 0 Å². The first-order chi connectivity index (χ1) is 15.5. The molecule has 0 aliphatic heterocycles. The molecule has 32 heavy (non-hydrogen) atoms. The molecule has 0 aliphatic carbocycles. The van der Waals surface area contributed by atoms with Crippen LogP contribution in [0.4, 0.5) is 11.5 Å². The average molecular weight is 428 g/mol. The third-order valence-electron chi connectivity index (χ3n) is 5.20. The normalized spacial score (nSPS) is 10.6. The summed E-state index contributed by atoms with van der Waals surface area (Å²) in [4.78, 5) is 11.3. The largest absolute Gasteiger partial charge is 0.497 e. The Morgan fingerprint density at radius 1 is 0.906 bits per heavy atom. The molecular formula is C26H25N3O3. The van der Waals surface area contributed by atoms with E-state index < -0.39 is 0 Å². The molecule has 0 atom stereocenters. The SMILES string of the molecule is C=C(OC)c1ccc(Oc2cc(N(C)c3nc(C)nc4ccccc34)ccc2OC)cc1. The fourth-order valence-electron chi connectivity index (χ4n) is 3.46. The molecule has 0 aliphatic rings. The average Bonchev–Trinajstić information content (AvgIpc) is 2.83. The molecule has 0 N–H and O–H groups in total. The number of rotatable bonds is 7. The minimum atomic E-state index is 0.602. The van der Waals surface area contributed by atoms with Crippen LogP contribution < -0.4 is 14.4 Å². The smallest absolute Gasteiger partial charge is 0.171 e. The van der Waals surface area contributed by atoms with Crippen molar-refractivity contribution in [2.24, 2.45) is 0 Å². The number of hydrogen-bond donors (Lipinski definition) is 0. The van der Waals surface area contributed by atoms with E-state index in [4.69, 9.17) is 19.2 Å². The lowest BCUT2D eigenvalue weighted by Crippen LogP contribution is -2.13. The van der Waals surface area contributed by atoms with Gasteiger partial charge in [0.15, 0.2) is 11.5 Å². The third kappa shape index (κ3) is 4.21. The van der Waals surface area contributed by atoms with Crippen LogP contribution in [-0.4, -0.2) is 31.2 Å². The fourth-order valence-corrected chi connectivity index (χ4v) is 3.46. The summed E-state index contributed by atoms with van der Waals surface area (Å²) in [7, 11) is 5.20. The third-order valence-corrected chi connectivity index (χ3v) is 5.20. The summed E-state index contributed by atoms with van der Waals surface area (Å²) in [6.45, 7) is 5.77. The molecule has 4 aromatic rings. The lowest BCUT2D eigenvalue weighted by Gasteiger charge is -2.22. The number of anilines is 2. The second kappa shape index (κ2) is 8.98. The molecule has 6 nitrogen and oxygen atoms in total. The molecule has 6 heteroatoms. The summed E-state index contributed by atoms with van der Waals surface area (Å²) in [6, 6.07) is 21.3. The summed E-state index contributed by atoms with van der Waals surface area (Å²) >= 11 is 0. The maximum absolute atomic E-state index is 6.15. The molecule has 4 rings (SSSR count). The van der Waals surface area contributed by atoms with Gasteiger partial charge in [-0.25, -0.2) is 9.97 Å². The van der Waals surface area contributed by atoms with E-state index in [-0.39, 0.29) is 0 Å². The zero-order valence-electron chi connectivity index (χ0n) is 18.6. The molecule has 0 bridgehead atoms. The summed E-state index contributed by atoms with van der Waals surface area (Å²) in [5.74, 6) is 4.06. The van der Waals surface area contributed by atoms with Gasteiger partial charge in [-0.2, -0.15) is 0 Å². The molecule has 0 unspecified atom stereocenters. The molecule has 1 heterocycles. The van der Waals surface area contributed by atoms with Gasteiger partial charge >= 0.3 is 0 Å². The van der Waals surface area contributed by atoms with Gasteiger partial charge in [-0.15, -0.1) is 0 Å². The van der Waals surface area contributed by atoms with Gasteiger partial charge in [-0.3, -0.25) is 0 Å². The topological polar surface area (TPSA) is 56.7 Å². The predicted octanol–water partition coefficient (Wildman–Crippen LogP) is 6.12. The Morgan fingerprint density at radius 2 is 1.66 bits per heavy atom. The molecular weight excluding hydrogens is 402 g/mol. The van der Waals surface area contributed by atoms with E-state index in [0.717, 1.165) is 28.0 Å². The number of aromatic nitrogens is 2. The quantitative estimate of drug-likeness (QED) is 0.331. The van der Waals surface area contributed by atoms with Gasteiger partial charge in [-0.05, 0) is 55.5 Å². The van der Waals surface area contributed by atoms with E-state index in [0.29, 0.717) is 28.8 Å². The maximum atomic E-state index is 6.15. The Morgan fingerprint density at radius 3 is 2.38 bits per heavy atom. The van der Waals surface area contributed by atoms with E-state index in [9.17, 15) is 0 Å². The Balaban J connectivity index is 1.69. The molecule has 0 fully saturated rings. The lowest BCUT2D eigenvalue weighted by molar-refractivity contribution is 0.371. The van der Waals surface area contributed by atoms with Crippen molar-refractivity contribution >= 4 is 28.2 Å². The van der Waals surface area contributed by atoms with Crippen LogP contribution in [0.3, 0.4) is 0 Å². The van der Waals surface area contributed by atoms with Crippen LogP contribution in [0.1, 0.15) is 11.4 Å². The maximum Gasteiger partial charge on any atom is 0.171 e. The Labute approximate surface area is 187 Å². The van der Waals surface area contributed by atoms with Crippen LogP contribution in [0.5, 0.6) is 17.2 Å². The highest BCUT2D eigenvalue weighted by Crippen LogP contribution is 2.37. The monoisotopic (exact) mass is 427 g/mol. The van der Waals surface area contributed by atoms with Gasteiger partial charge in [0.1, 0.15) is 23.2 Å². The number of para-hydroxylation sites is 1. The minimum absolute atomic E-state index is 0.602. The van der Waals surface area contributed by atoms with E-state index in [1.54, 1.807) is 14.2 Å². The zero-order valence-corrected chi connectivity index (χ0v) is 18.6.